The lowest BCUT2D eigenvalue weighted by Crippen LogP contribution is -1.93. The summed E-state index contributed by atoms with van der Waals surface area (Å²) in [5.74, 6) is 2.37. The van der Waals surface area contributed by atoms with Gasteiger partial charge >= 0.3 is 0 Å². The van der Waals surface area contributed by atoms with E-state index in [0.717, 1.165) is 28.5 Å². The van der Waals surface area contributed by atoms with Crippen molar-refractivity contribution in [2.24, 2.45) is 0 Å². The van der Waals surface area contributed by atoms with Crippen molar-refractivity contribution in [3.8, 4) is 11.5 Å². The smallest absolute Gasteiger partial charge is 0.156 e. The third-order valence-corrected chi connectivity index (χ3v) is 3.08. The van der Waals surface area contributed by atoms with Crippen LogP contribution in [0.3, 0.4) is 0 Å². The number of methoxy groups -OCH3 is 2. The van der Waals surface area contributed by atoms with Crippen LogP contribution >= 0.6 is 0 Å². The van der Waals surface area contributed by atoms with Crippen LogP contribution in [0.25, 0.3) is 5.65 Å². The summed E-state index contributed by atoms with van der Waals surface area (Å²) in [6.07, 6.45) is 2.48. The highest BCUT2D eigenvalue weighted by Crippen LogP contribution is 2.16. The van der Waals surface area contributed by atoms with Gasteiger partial charge in [0.1, 0.15) is 11.5 Å². The van der Waals surface area contributed by atoms with Gasteiger partial charge in [0.25, 0.3) is 0 Å². The van der Waals surface area contributed by atoms with Crippen molar-refractivity contribution in [1.29, 1.82) is 0 Å². The molecule has 3 rings (SSSR count). The Morgan fingerprint density at radius 3 is 2.70 bits per heavy atom. The van der Waals surface area contributed by atoms with Crippen LogP contribution in [0, 0.1) is 0 Å². The molecule has 0 spiro atoms. The summed E-state index contributed by atoms with van der Waals surface area (Å²) in [5, 5.41) is 4.46. The maximum Gasteiger partial charge on any atom is 0.156 e. The average molecular weight is 269 g/mol. The maximum absolute atomic E-state index is 5.22. The molecule has 0 unspecified atom stereocenters. The van der Waals surface area contributed by atoms with E-state index in [4.69, 9.17) is 9.47 Å². The second kappa shape index (κ2) is 5.21. The Morgan fingerprint density at radius 1 is 1.05 bits per heavy atom. The number of hydrogen-bond acceptors (Lipinski definition) is 4. The number of benzene rings is 1. The van der Waals surface area contributed by atoms with Crippen molar-refractivity contribution in [1.82, 2.24) is 14.6 Å². The molecule has 2 heterocycles. The summed E-state index contributed by atoms with van der Waals surface area (Å²) in [6.45, 7) is 0. The fourth-order valence-electron chi connectivity index (χ4n) is 2.07. The van der Waals surface area contributed by atoms with Crippen LogP contribution in [-0.4, -0.2) is 28.8 Å². The van der Waals surface area contributed by atoms with Gasteiger partial charge in [0, 0.05) is 6.42 Å². The zero-order chi connectivity index (χ0) is 13.9. The Hall–Kier alpha value is -2.56. The van der Waals surface area contributed by atoms with Gasteiger partial charge in [0.15, 0.2) is 11.5 Å². The predicted octanol–water partition coefficient (Wildman–Crippen LogP) is 2.34. The number of aromatic nitrogens is 3. The summed E-state index contributed by atoms with van der Waals surface area (Å²) in [5.41, 5.74) is 1.93. The second-order valence-electron chi connectivity index (χ2n) is 4.43. The molecule has 0 aliphatic rings. The molecule has 5 nitrogen and oxygen atoms in total. The zero-order valence-corrected chi connectivity index (χ0v) is 11.4. The van der Waals surface area contributed by atoms with Crippen LogP contribution < -0.4 is 9.47 Å². The van der Waals surface area contributed by atoms with E-state index < -0.39 is 0 Å². The van der Waals surface area contributed by atoms with Gasteiger partial charge in [0.05, 0.1) is 20.4 Å². The van der Waals surface area contributed by atoms with E-state index in [9.17, 15) is 0 Å². The highest BCUT2D eigenvalue weighted by Gasteiger charge is 2.06. The van der Waals surface area contributed by atoms with Crippen molar-refractivity contribution < 1.29 is 9.47 Å². The molecular formula is C15H15N3O2. The molecule has 0 bridgehead atoms. The fraction of sp³-hybridized carbons (Fsp3) is 0.200. The van der Waals surface area contributed by atoms with E-state index in [0.29, 0.717) is 6.42 Å². The van der Waals surface area contributed by atoms with Crippen molar-refractivity contribution in [2.75, 3.05) is 14.2 Å². The van der Waals surface area contributed by atoms with E-state index in [1.54, 1.807) is 18.7 Å². The van der Waals surface area contributed by atoms with E-state index >= 15 is 0 Å². The number of hydrogen-bond donors (Lipinski definition) is 0. The van der Waals surface area contributed by atoms with Crippen LogP contribution in [-0.2, 0) is 6.42 Å². The van der Waals surface area contributed by atoms with Gasteiger partial charge in [-0.2, -0.15) is 5.10 Å². The lowest BCUT2D eigenvalue weighted by atomic mass is 10.1. The molecule has 0 atom stereocenters. The first kappa shape index (κ1) is 12.5. The van der Waals surface area contributed by atoms with Crippen molar-refractivity contribution in [3.63, 3.8) is 0 Å². The van der Waals surface area contributed by atoms with Gasteiger partial charge in [0.2, 0.25) is 0 Å². The Morgan fingerprint density at radius 2 is 1.90 bits per heavy atom. The predicted molar refractivity (Wildman–Crippen MR) is 75.3 cm³/mol. The summed E-state index contributed by atoms with van der Waals surface area (Å²) in [7, 11) is 3.30. The Bertz CT molecular complexity index is 737. The molecule has 0 aliphatic heterocycles. The van der Waals surface area contributed by atoms with Gasteiger partial charge < -0.3 is 9.47 Å². The Labute approximate surface area is 116 Å². The minimum absolute atomic E-state index is 0.668. The van der Waals surface area contributed by atoms with Gasteiger partial charge in [-0.25, -0.2) is 9.50 Å². The quantitative estimate of drug-likeness (QED) is 0.729. The largest absolute Gasteiger partial charge is 0.497 e. The molecule has 2 aromatic heterocycles. The molecule has 0 saturated heterocycles. The topological polar surface area (TPSA) is 48.7 Å². The van der Waals surface area contributed by atoms with Crippen LogP contribution in [0.2, 0.25) is 0 Å². The van der Waals surface area contributed by atoms with E-state index in [2.05, 4.69) is 10.1 Å². The second-order valence-corrected chi connectivity index (χ2v) is 4.43. The number of fused-ring (bicyclic) bond motifs is 1. The van der Waals surface area contributed by atoms with Gasteiger partial charge in [-0.1, -0.05) is 12.1 Å². The average Bonchev–Trinajstić information content (AvgIpc) is 2.88. The normalized spacial score (nSPS) is 10.7. The summed E-state index contributed by atoms with van der Waals surface area (Å²) in [4.78, 5) is 4.49. The zero-order valence-electron chi connectivity index (χ0n) is 11.4. The minimum Gasteiger partial charge on any atom is -0.497 e. The molecule has 102 valence electrons. The summed E-state index contributed by atoms with van der Waals surface area (Å²) >= 11 is 0. The monoisotopic (exact) mass is 269 g/mol. The van der Waals surface area contributed by atoms with Crippen LogP contribution in [0.15, 0.2) is 42.6 Å². The summed E-state index contributed by atoms with van der Waals surface area (Å²) in [6, 6.07) is 11.7. The highest BCUT2D eigenvalue weighted by molar-refractivity contribution is 5.41. The molecule has 0 radical (unpaired) electrons. The molecule has 0 aliphatic carbocycles. The lowest BCUT2D eigenvalue weighted by molar-refractivity contribution is 0.411. The number of pyridine rings is 1. The summed E-state index contributed by atoms with van der Waals surface area (Å²) < 4.78 is 12.1. The highest BCUT2D eigenvalue weighted by atomic mass is 16.5. The minimum atomic E-state index is 0.668. The first-order valence-electron chi connectivity index (χ1n) is 6.31. The molecular weight excluding hydrogens is 254 g/mol. The third kappa shape index (κ3) is 2.42. The molecule has 20 heavy (non-hydrogen) atoms. The number of ether oxygens (including phenoxy) is 2. The molecule has 0 fully saturated rings. The van der Waals surface area contributed by atoms with Gasteiger partial charge in [-0.05, 0) is 29.8 Å². The standard InChI is InChI=1S/C15H15N3O2/c1-19-12-5-3-4-11(8-12)9-14-16-15-7-6-13(20-2)10-18(15)17-14/h3-8,10H,9H2,1-2H3. The Kier molecular flexibility index (Phi) is 3.25. The van der Waals surface area contributed by atoms with Gasteiger partial charge in [-0.15, -0.1) is 0 Å². The SMILES string of the molecule is COc1cccc(Cc2nc3ccc(OC)cn3n2)c1. The van der Waals surface area contributed by atoms with E-state index in [1.165, 1.54) is 0 Å². The van der Waals surface area contributed by atoms with Crippen molar-refractivity contribution in [2.45, 2.75) is 6.42 Å². The van der Waals surface area contributed by atoms with Gasteiger partial charge in [-0.3, -0.25) is 0 Å². The molecule has 5 heteroatoms. The van der Waals surface area contributed by atoms with Crippen molar-refractivity contribution >= 4 is 5.65 Å². The first-order valence-corrected chi connectivity index (χ1v) is 6.31. The number of rotatable bonds is 4. The fourth-order valence-corrected chi connectivity index (χ4v) is 2.07. The van der Waals surface area contributed by atoms with Crippen LogP contribution in [0.1, 0.15) is 11.4 Å². The molecule has 3 aromatic rings. The van der Waals surface area contributed by atoms with Crippen molar-refractivity contribution in [3.05, 3.63) is 54.0 Å². The van der Waals surface area contributed by atoms with E-state index in [-0.39, 0.29) is 0 Å². The number of nitrogens with zero attached hydrogens (tertiary/aromatic N) is 3. The molecule has 1 aromatic carbocycles. The lowest BCUT2D eigenvalue weighted by Gasteiger charge is -2.01. The van der Waals surface area contributed by atoms with Crippen LogP contribution in [0.4, 0.5) is 0 Å². The van der Waals surface area contributed by atoms with E-state index in [1.807, 2.05) is 42.6 Å². The third-order valence-electron chi connectivity index (χ3n) is 3.08. The molecule has 0 saturated carbocycles. The molecule has 0 N–H and O–H groups in total. The molecule has 0 amide bonds. The Balaban J connectivity index is 1.90. The van der Waals surface area contributed by atoms with Crippen LogP contribution in [0.5, 0.6) is 11.5 Å². The maximum atomic E-state index is 5.22. The first-order chi connectivity index (χ1) is 9.78.